The van der Waals surface area contributed by atoms with E-state index < -0.39 is 0 Å². The van der Waals surface area contributed by atoms with E-state index in [-0.39, 0.29) is 0 Å². The molecule has 0 amide bonds. The van der Waals surface area contributed by atoms with E-state index in [0.717, 1.165) is 24.5 Å². The van der Waals surface area contributed by atoms with E-state index in [4.69, 9.17) is 10.6 Å². The van der Waals surface area contributed by atoms with Crippen LogP contribution in [-0.2, 0) is 6.42 Å². The standard InChI is InChI=1S/C15H24N2O/c1-18-15-9-6-12(7-10-15)5-8-14(17-16)11-13-3-2-4-13/h6-7,9-10,13-14,17H,2-5,8,11,16H2,1H3. The molecule has 3 N–H and O–H groups in total. The summed E-state index contributed by atoms with van der Waals surface area (Å²) >= 11 is 0. The van der Waals surface area contributed by atoms with E-state index in [1.165, 1.54) is 31.2 Å². The van der Waals surface area contributed by atoms with E-state index >= 15 is 0 Å². The summed E-state index contributed by atoms with van der Waals surface area (Å²) in [6.45, 7) is 0. The van der Waals surface area contributed by atoms with Crippen molar-refractivity contribution >= 4 is 0 Å². The Labute approximate surface area is 110 Å². The van der Waals surface area contributed by atoms with E-state index in [9.17, 15) is 0 Å². The van der Waals surface area contributed by atoms with Crippen LogP contribution in [0.25, 0.3) is 0 Å². The van der Waals surface area contributed by atoms with Crippen molar-refractivity contribution in [1.29, 1.82) is 0 Å². The maximum Gasteiger partial charge on any atom is 0.118 e. The molecule has 0 aromatic heterocycles. The predicted molar refractivity (Wildman–Crippen MR) is 74.4 cm³/mol. The van der Waals surface area contributed by atoms with E-state index in [1.54, 1.807) is 7.11 Å². The highest BCUT2D eigenvalue weighted by Gasteiger charge is 2.21. The largest absolute Gasteiger partial charge is 0.497 e. The summed E-state index contributed by atoms with van der Waals surface area (Å²) in [6.07, 6.45) is 7.60. The number of methoxy groups -OCH3 is 1. The van der Waals surface area contributed by atoms with Crippen LogP contribution < -0.4 is 16.0 Å². The molecule has 18 heavy (non-hydrogen) atoms. The lowest BCUT2D eigenvalue weighted by Crippen LogP contribution is -2.38. The molecule has 1 fully saturated rings. The summed E-state index contributed by atoms with van der Waals surface area (Å²) in [5, 5.41) is 0. The number of rotatable bonds is 7. The third-order valence-electron chi connectivity index (χ3n) is 4.02. The number of hydrogen-bond donors (Lipinski definition) is 2. The van der Waals surface area contributed by atoms with Crippen LogP contribution in [-0.4, -0.2) is 13.2 Å². The first-order valence-electron chi connectivity index (χ1n) is 6.91. The molecule has 3 heteroatoms. The van der Waals surface area contributed by atoms with Gasteiger partial charge in [-0.3, -0.25) is 11.3 Å². The SMILES string of the molecule is COc1ccc(CCC(CC2CCC2)NN)cc1. The number of nitrogens with two attached hydrogens (primary N) is 1. The molecule has 1 atom stereocenters. The Balaban J connectivity index is 1.76. The van der Waals surface area contributed by atoms with Crippen molar-refractivity contribution in [3.05, 3.63) is 29.8 Å². The molecule has 1 aromatic rings. The molecular weight excluding hydrogens is 224 g/mol. The molecule has 0 saturated heterocycles. The fraction of sp³-hybridized carbons (Fsp3) is 0.600. The fourth-order valence-electron chi connectivity index (χ4n) is 2.53. The average molecular weight is 248 g/mol. The Morgan fingerprint density at radius 1 is 1.33 bits per heavy atom. The molecule has 3 nitrogen and oxygen atoms in total. The number of nitrogens with one attached hydrogen (secondary N) is 1. The quantitative estimate of drug-likeness (QED) is 0.576. The first-order chi connectivity index (χ1) is 8.81. The zero-order chi connectivity index (χ0) is 12.8. The second-order valence-corrected chi connectivity index (χ2v) is 5.28. The minimum atomic E-state index is 0.456. The van der Waals surface area contributed by atoms with Crippen molar-refractivity contribution in [2.75, 3.05) is 7.11 Å². The van der Waals surface area contributed by atoms with E-state index in [1.807, 2.05) is 12.1 Å². The van der Waals surface area contributed by atoms with Gasteiger partial charge < -0.3 is 4.74 Å². The van der Waals surface area contributed by atoms with Crippen molar-refractivity contribution in [2.24, 2.45) is 11.8 Å². The summed E-state index contributed by atoms with van der Waals surface area (Å²) in [5.41, 5.74) is 4.32. The molecular formula is C15H24N2O. The van der Waals surface area contributed by atoms with E-state index in [0.29, 0.717) is 6.04 Å². The zero-order valence-corrected chi connectivity index (χ0v) is 11.2. The minimum absolute atomic E-state index is 0.456. The number of aryl methyl sites for hydroxylation is 1. The van der Waals surface area contributed by atoms with E-state index in [2.05, 4.69) is 17.6 Å². The third-order valence-corrected chi connectivity index (χ3v) is 4.02. The van der Waals surface area contributed by atoms with Crippen molar-refractivity contribution in [3.63, 3.8) is 0 Å². The van der Waals surface area contributed by atoms with Gasteiger partial charge in [-0.2, -0.15) is 0 Å². The Morgan fingerprint density at radius 2 is 2.06 bits per heavy atom. The van der Waals surface area contributed by atoms with Crippen molar-refractivity contribution in [3.8, 4) is 5.75 Å². The normalized spacial score (nSPS) is 17.2. The fourth-order valence-corrected chi connectivity index (χ4v) is 2.53. The summed E-state index contributed by atoms with van der Waals surface area (Å²) in [7, 11) is 1.70. The Kier molecular flexibility index (Phi) is 5.02. The van der Waals surface area contributed by atoms with Crippen LogP contribution >= 0.6 is 0 Å². The van der Waals surface area contributed by atoms with Crippen molar-refractivity contribution < 1.29 is 4.74 Å². The van der Waals surface area contributed by atoms with Gasteiger partial charge >= 0.3 is 0 Å². The highest BCUT2D eigenvalue weighted by molar-refractivity contribution is 5.27. The predicted octanol–water partition coefficient (Wildman–Crippen LogP) is 2.65. The summed E-state index contributed by atoms with van der Waals surface area (Å²) in [4.78, 5) is 0. The van der Waals surface area contributed by atoms with Gasteiger partial charge in [-0.05, 0) is 42.9 Å². The number of hydrazine groups is 1. The molecule has 1 aromatic carbocycles. The second-order valence-electron chi connectivity index (χ2n) is 5.28. The average Bonchev–Trinajstić information content (AvgIpc) is 2.37. The molecule has 1 aliphatic carbocycles. The van der Waals surface area contributed by atoms with Crippen molar-refractivity contribution in [2.45, 2.75) is 44.6 Å². The minimum Gasteiger partial charge on any atom is -0.497 e. The van der Waals surface area contributed by atoms with Crippen LogP contribution in [0.2, 0.25) is 0 Å². The van der Waals surface area contributed by atoms with Gasteiger partial charge in [0, 0.05) is 6.04 Å². The van der Waals surface area contributed by atoms with Crippen LogP contribution in [0.4, 0.5) is 0 Å². The number of benzene rings is 1. The maximum atomic E-state index is 5.64. The van der Waals surface area contributed by atoms with Gasteiger partial charge in [-0.25, -0.2) is 0 Å². The molecule has 0 radical (unpaired) electrons. The van der Waals surface area contributed by atoms with Crippen LogP contribution in [0, 0.1) is 5.92 Å². The topological polar surface area (TPSA) is 47.3 Å². The van der Waals surface area contributed by atoms with Gasteiger partial charge in [0.15, 0.2) is 0 Å². The van der Waals surface area contributed by atoms with Gasteiger partial charge in [0.1, 0.15) is 5.75 Å². The van der Waals surface area contributed by atoms with Crippen LogP contribution in [0.3, 0.4) is 0 Å². The van der Waals surface area contributed by atoms with Gasteiger partial charge in [-0.15, -0.1) is 0 Å². The van der Waals surface area contributed by atoms with Gasteiger partial charge in [0.05, 0.1) is 7.11 Å². The lowest BCUT2D eigenvalue weighted by Gasteiger charge is -2.29. The lowest BCUT2D eigenvalue weighted by molar-refractivity contribution is 0.255. The Morgan fingerprint density at radius 3 is 2.56 bits per heavy atom. The molecule has 1 aliphatic rings. The summed E-state index contributed by atoms with van der Waals surface area (Å²) in [6, 6.07) is 8.77. The van der Waals surface area contributed by atoms with Crippen LogP contribution in [0.5, 0.6) is 5.75 Å². The first kappa shape index (κ1) is 13.4. The molecule has 0 aliphatic heterocycles. The molecule has 1 saturated carbocycles. The highest BCUT2D eigenvalue weighted by atomic mass is 16.5. The monoisotopic (exact) mass is 248 g/mol. The Hall–Kier alpha value is -1.06. The summed E-state index contributed by atoms with van der Waals surface area (Å²) in [5.74, 6) is 7.46. The maximum absolute atomic E-state index is 5.64. The highest BCUT2D eigenvalue weighted by Crippen LogP contribution is 2.31. The lowest BCUT2D eigenvalue weighted by atomic mass is 9.80. The smallest absolute Gasteiger partial charge is 0.118 e. The number of ether oxygens (including phenoxy) is 1. The first-order valence-corrected chi connectivity index (χ1v) is 6.91. The number of hydrogen-bond acceptors (Lipinski definition) is 3. The molecule has 1 unspecified atom stereocenters. The second kappa shape index (κ2) is 6.76. The Bertz CT molecular complexity index is 346. The van der Waals surface area contributed by atoms with Crippen LogP contribution in [0.1, 0.15) is 37.7 Å². The van der Waals surface area contributed by atoms with Gasteiger partial charge in [0.25, 0.3) is 0 Å². The molecule has 2 rings (SSSR count). The van der Waals surface area contributed by atoms with Gasteiger partial charge in [0.2, 0.25) is 0 Å². The molecule has 100 valence electrons. The molecule has 0 spiro atoms. The van der Waals surface area contributed by atoms with Gasteiger partial charge in [-0.1, -0.05) is 31.4 Å². The zero-order valence-electron chi connectivity index (χ0n) is 11.2. The molecule has 0 heterocycles. The van der Waals surface area contributed by atoms with Crippen LogP contribution in [0.15, 0.2) is 24.3 Å². The van der Waals surface area contributed by atoms with Crippen molar-refractivity contribution in [1.82, 2.24) is 5.43 Å². The third kappa shape index (κ3) is 3.72. The molecule has 0 bridgehead atoms. The summed E-state index contributed by atoms with van der Waals surface area (Å²) < 4.78 is 5.16.